The lowest BCUT2D eigenvalue weighted by molar-refractivity contribution is -0.137. The van der Waals surface area contributed by atoms with Gasteiger partial charge in [0, 0.05) is 32.2 Å². The normalized spacial score (nSPS) is 19.5. The predicted molar refractivity (Wildman–Crippen MR) is 120 cm³/mol. The third kappa shape index (κ3) is 5.35. The molecule has 9 heteroatoms. The number of amides is 1. The van der Waals surface area contributed by atoms with E-state index in [1.54, 1.807) is 12.1 Å². The Labute approximate surface area is 191 Å². The predicted octanol–water partition coefficient (Wildman–Crippen LogP) is 5.01. The molecule has 4 rings (SSSR count). The number of furan rings is 1. The topological polar surface area (TPSA) is 80.7 Å². The molecule has 2 fully saturated rings. The number of rotatable bonds is 5. The molecule has 3 heterocycles. The molecular weight excluding hydrogens is 435 g/mol. The van der Waals surface area contributed by atoms with Crippen molar-refractivity contribution in [3.63, 3.8) is 0 Å². The highest BCUT2D eigenvalue weighted by atomic mass is 19.4. The van der Waals surface area contributed by atoms with E-state index in [0.29, 0.717) is 44.3 Å². The number of piperidine rings is 1. The smallest absolute Gasteiger partial charge is 0.416 e. The van der Waals surface area contributed by atoms with Crippen LogP contribution in [0.2, 0.25) is 0 Å². The quantitative estimate of drug-likeness (QED) is 0.649. The van der Waals surface area contributed by atoms with Gasteiger partial charge in [0.2, 0.25) is 0 Å². The summed E-state index contributed by atoms with van der Waals surface area (Å²) in [5.74, 6) is 0.381. The van der Waals surface area contributed by atoms with Gasteiger partial charge in [-0.25, -0.2) is 0 Å². The van der Waals surface area contributed by atoms with E-state index in [1.807, 2.05) is 4.90 Å². The molecule has 0 unspecified atom stereocenters. The summed E-state index contributed by atoms with van der Waals surface area (Å²) < 4.78 is 51.3. The molecule has 1 aromatic carbocycles. The monoisotopic (exact) mass is 465 g/mol. The Morgan fingerprint density at radius 3 is 2.52 bits per heavy atom. The van der Waals surface area contributed by atoms with Crippen LogP contribution in [0.1, 0.15) is 60.4 Å². The van der Waals surface area contributed by atoms with Crippen LogP contribution in [0.15, 0.2) is 34.7 Å². The minimum atomic E-state index is -4.51. The molecule has 1 aromatic heterocycles. The molecule has 3 N–H and O–H groups in total. The molecule has 1 amide bonds. The Morgan fingerprint density at radius 1 is 1.18 bits per heavy atom. The molecule has 6 nitrogen and oxygen atoms in total. The zero-order chi connectivity index (χ0) is 23.6. The third-order valence-electron chi connectivity index (χ3n) is 6.85. The number of hydrogen-bond acceptors (Lipinski definition) is 5. The lowest BCUT2D eigenvalue weighted by atomic mass is 9.80. The van der Waals surface area contributed by atoms with Crippen LogP contribution in [0.4, 0.5) is 24.5 Å². The van der Waals surface area contributed by atoms with E-state index in [9.17, 15) is 18.0 Å². The fourth-order valence-electron chi connectivity index (χ4n) is 4.44. The first-order valence-electron chi connectivity index (χ1n) is 11.3. The number of nitrogens with one attached hydrogen (secondary N) is 1. The van der Waals surface area contributed by atoms with E-state index >= 15 is 0 Å². The Kier molecular flexibility index (Phi) is 6.72. The zero-order valence-electron chi connectivity index (χ0n) is 18.7. The van der Waals surface area contributed by atoms with Crippen LogP contribution in [-0.4, -0.2) is 38.8 Å². The van der Waals surface area contributed by atoms with Crippen molar-refractivity contribution in [3.05, 3.63) is 47.4 Å². The van der Waals surface area contributed by atoms with Gasteiger partial charge in [-0.15, -0.1) is 0 Å². The van der Waals surface area contributed by atoms with Gasteiger partial charge in [0.1, 0.15) is 5.76 Å². The molecule has 2 aromatic rings. The van der Waals surface area contributed by atoms with Gasteiger partial charge in [0.15, 0.2) is 5.76 Å². The first kappa shape index (κ1) is 23.6. The summed E-state index contributed by atoms with van der Waals surface area (Å²) >= 11 is 0. The van der Waals surface area contributed by atoms with Gasteiger partial charge in [-0.2, -0.15) is 13.2 Å². The second kappa shape index (κ2) is 9.38. The Hall–Kier alpha value is -2.52. The molecular formula is C24H30F3N3O3. The molecule has 0 spiro atoms. The van der Waals surface area contributed by atoms with E-state index in [4.69, 9.17) is 14.9 Å². The first-order chi connectivity index (χ1) is 15.7. The van der Waals surface area contributed by atoms with Gasteiger partial charge in [0.05, 0.1) is 16.9 Å². The van der Waals surface area contributed by atoms with E-state index in [2.05, 4.69) is 12.2 Å². The third-order valence-corrected chi connectivity index (χ3v) is 6.85. The second-order valence-corrected chi connectivity index (χ2v) is 9.27. The minimum Gasteiger partial charge on any atom is -0.456 e. The molecule has 2 aliphatic heterocycles. The van der Waals surface area contributed by atoms with E-state index in [-0.39, 0.29) is 22.8 Å². The summed E-state index contributed by atoms with van der Waals surface area (Å²) in [6, 6.07) is 6.81. The van der Waals surface area contributed by atoms with Gasteiger partial charge in [-0.3, -0.25) is 4.79 Å². The SMILES string of the molecule is CC1(CN)CCN(c2ccc(C(F)(F)F)cc2NC(=O)c2ccc(C3CCOCC3)o2)CC1. The largest absolute Gasteiger partial charge is 0.456 e. The molecule has 2 saturated heterocycles. The molecule has 180 valence electrons. The van der Waals surface area contributed by atoms with Gasteiger partial charge in [-0.1, -0.05) is 6.92 Å². The minimum absolute atomic E-state index is 0.0144. The summed E-state index contributed by atoms with van der Waals surface area (Å²) in [4.78, 5) is 14.9. The van der Waals surface area contributed by atoms with Crippen molar-refractivity contribution in [2.75, 3.05) is 43.1 Å². The van der Waals surface area contributed by atoms with Gasteiger partial charge in [-0.05, 0) is 68.0 Å². The van der Waals surface area contributed by atoms with Crippen molar-refractivity contribution in [2.24, 2.45) is 11.1 Å². The summed E-state index contributed by atoms with van der Waals surface area (Å²) in [5.41, 5.74) is 5.77. The number of halogens is 3. The van der Waals surface area contributed by atoms with Crippen molar-refractivity contribution in [1.82, 2.24) is 0 Å². The van der Waals surface area contributed by atoms with Crippen LogP contribution in [0.5, 0.6) is 0 Å². The maximum absolute atomic E-state index is 13.4. The number of benzene rings is 1. The standard InChI is InChI=1S/C24H30F3N3O3/c1-23(15-28)8-10-30(11-9-23)19-3-2-17(24(25,26)27)14-18(19)29-22(31)21-5-4-20(33-21)16-6-12-32-13-7-16/h2-5,14,16H,6-13,15,28H2,1H3,(H,29,31). The summed E-state index contributed by atoms with van der Waals surface area (Å²) in [5, 5.41) is 2.66. The molecule has 0 atom stereocenters. The molecule has 0 saturated carbocycles. The van der Waals surface area contributed by atoms with Crippen LogP contribution in [0.25, 0.3) is 0 Å². The summed E-state index contributed by atoms with van der Waals surface area (Å²) in [6.45, 7) is 5.25. The summed E-state index contributed by atoms with van der Waals surface area (Å²) in [6.07, 6.45) is -1.25. The van der Waals surface area contributed by atoms with Crippen LogP contribution >= 0.6 is 0 Å². The van der Waals surface area contributed by atoms with Crippen LogP contribution in [-0.2, 0) is 10.9 Å². The van der Waals surface area contributed by atoms with Crippen molar-refractivity contribution >= 4 is 17.3 Å². The summed E-state index contributed by atoms with van der Waals surface area (Å²) in [7, 11) is 0. The van der Waals surface area contributed by atoms with Crippen molar-refractivity contribution in [3.8, 4) is 0 Å². The molecule has 0 radical (unpaired) electrons. The fourth-order valence-corrected chi connectivity index (χ4v) is 4.44. The molecule has 33 heavy (non-hydrogen) atoms. The lowest BCUT2D eigenvalue weighted by Crippen LogP contribution is -2.42. The number of anilines is 2. The Morgan fingerprint density at radius 2 is 1.88 bits per heavy atom. The Balaban J connectivity index is 1.56. The number of nitrogens with two attached hydrogens (primary N) is 1. The highest BCUT2D eigenvalue weighted by Crippen LogP contribution is 2.39. The number of ether oxygens (including phenoxy) is 1. The number of hydrogen-bond donors (Lipinski definition) is 2. The van der Waals surface area contributed by atoms with E-state index in [0.717, 1.165) is 37.8 Å². The fraction of sp³-hybridized carbons (Fsp3) is 0.542. The van der Waals surface area contributed by atoms with E-state index < -0.39 is 17.6 Å². The van der Waals surface area contributed by atoms with Gasteiger partial charge >= 0.3 is 6.18 Å². The van der Waals surface area contributed by atoms with Gasteiger partial charge in [0.25, 0.3) is 5.91 Å². The van der Waals surface area contributed by atoms with Crippen molar-refractivity contribution in [2.45, 2.75) is 44.7 Å². The average Bonchev–Trinajstić information content (AvgIpc) is 3.30. The first-order valence-corrected chi connectivity index (χ1v) is 11.3. The Bertz CT molecular complexity index is 975. The molecule has 2 aliphatic rings. The van der Waals surface area contributed by atoms with Crippen LogP contribution < -0.4 is 16.0 Å². The van der Waals surface area contributed by atoms with E-state index in [1.165, 1.54) is 6.07 Å². The van der Waals surface area contributed by atoms with Crippen LogP contribution in [0, 0.1) is 5.41 Å². The second-order valence-electron chi connectivity index (χ2n) is 9.27. The highest BCUT2D eigenvalue weighted by molar-refractivity contribution is 6.04. The van der Waals surface area contributed by atoms with Gasteiger partial charge < -0.3 is 25.1 Å². The van der Waals surface area contributed by atoms with Crippen molar-refractivity contribution in [1.29, 1.82) is 0 Å². The molecule has 0 aliphatic carbocycles. The lowest BCUT2D eigenvalue weighted by Gasteiger charge is -2.40. The maximum atomic E-state index is 13.4. The highest BCUT2D eigenvalue weighted by Gasteiger charge is 2.34. The maximum Gasteiger partial charge on any atom is 0.416 e. The zero-order valence-corrected chi connectivity index (χ0v) is 18.7. The van der Waals surface area contributed by atoms with Crippen molar-refractivity contribution < 1.29 is 27.1 Å². The van der Waals surface area contributed by atoms with Crippen LogP contribution in [0.3, 0.4) is 0 Å². The molecule has 0 bridgehead atoms. The number of alkyl halides is 3. The number of nitrogens with zero attached hydrogens (tertiary/aromatic N) is 1. The average molecular weight is 466 g/mol. The number of carbonyl (C=O) groups excluding carboxylic acids is 1. The number of carbonyl (C=O) groups is 1.